The zero-order valence-corrected chi connectivity index (χ0v) is 18.5. The predicted octanol–water partition coefficient (Wildman–Crippen LogP) is 2.89. The van der Waals surface area contributed by atoms with Crippen LogP contribution in [0.3, 0.4) is 0 Å². The maximum Gasteiger partial charge on any atom is 0.338 e. The Hall–Kier alpha value is -3.89. The number of carbonyl (C=O) groups is 3. The maximum atomic E-state index is 13.1. The number of carbonyl (C=O) groups excluding carboxylic acids is 3. The van der Waals surface area contributed by atoms with Crippen LogP contribution in [0.1, 0.15) is 59.2 Å². The molecule has 2 aliphatic rings. The number of nitrogens with two attached hydrogens (primary N) is 1. The molecule has 0 spiro atoms. The molecule has 10 heteroatoms. The largest absolute Gasteiger partial charge is 0.462 e. The van der Waals surface area contributed by atoms with Crippen molar-refractivity contribution in [2.45, 2.75) is 42.4 Å². The van der Waals surface area contributed by atoms with Crippen molar-refractivity contribution in [1.29, 1.82) is 10.5 Å². The van der Waals surface area contributed by atoms with Gasteiger partial charge in [0.2, 0.25) is 11.8 Å². The minimum Gasteiger partial charge on any atom is -0.462 e. The number of nitrogens with zero attached hydrogens (tertiary/aromatic N) is 4. The minimum atomic E-state index is -0.791. The van der Waals surface area contributed by atoms with Gasteiger partial charge in [0.05, 0.1) is 34.2 Å². The second kappa shape index (κ2) is 8.93. The fraction of sp³-hybridized carbons (Fsp3) is 0.304. The molecule has 2 amide bonds. The molecular weight excluding hydrogens is 442 g/mol. The Bertz CT molecular complexity index is 1240. The number of thioether (sulfide) groups is 1. The summed E-state index contributed by atoms with van der Waals surface area (Å²) >= 11 is 1.01. The summed E-state index contributed by atoms with van der Waals surface area (Å²) < 4.78 is 4.94. The van der Waals surface area contributed by atoms with Crippen molar-refractivity contribution in [3.8, 4) is 12.1 Å². The third-order valence-corrected chi connectivity index (χ3v) is 6.61. The Balaban J connectivity index is 1.60. The van der Waals surface area contributed by atoms with E-state index in [1.807, 2.05) is 6.07 Å². The molecule has 1 aromatic heterocycles. The fourth-order valence-electron chi connectivity index (χ4n) is 3.75. The number of aromatic nitrogens is 1. The Morgan fingerprint density at radius 3 is 2.45 bits per heavy atom. The molecule has 1 atom stereocenters. The van der Waals surface area contributed by atoms with Gasteiger partial charge in [0, 0.05) is 6.42 Å². The molecule has 1 aliphatic carbocycles. The van der Waals surface area contributed by atoms with Crippen LogP contribution in [0.2, 0.25) is 0 Å². The number of pyridine rings is 1. The molecule has 9 nitrogen and oxygen atoms in total. The summed E-state index contributed by atoms with van der Waals surface area (Å²) in [6.45, 7) is 1.94. The molecular formula is C23H19N5O4S. The summed E-state index contributed by atoms with van der Waals surface area (Å²) in [6.07, 6.45) is 1.63. The highest BCUT2D eigenvalue weighted by atomic mass is 32.2. The van der Waals surface area contributed by atoms with Crippen LogP contribution in [-0.2, 0) is 14.3 Å². The first-order valence-corrected chi connectivity index (χ1v) is 11.2. The third-order valence-electron chi connectivity index (χ3n) is 5.44. The molecule has 1 saturated carbocycles. The highest BCUT2D eigenvalue weighted by Gasteiger charge is 2.42. The van der Waals surface area contributed by atoms with Crippen molar-refractivity contribution < 1.29 is 19.1 Å². The molecule has 4 rings (SSSR count). The Morgan fingerprint density at radius 1 is 1.21 bits per heavy atom. The summed E-state index contributed by atoms with van der Waals surface area (Å²) in [5.74, 6) is -1.24. The van der Waals surface area contributed by atoms with Crippen molar-refractivity contribution >= 4 is 41.1 Å². The number of hydrogen-bond acceptors (Lipinski definition) is 9. The lowest BCUT2D eigenvalue weighted by Gasteiger charge is -2.16. The number of imide groups is 1. The Labute approximate surface area is 194 Å². The first-order chi connectivity index (χ1) is 15.9. The number of nitriles is 2. The Morgan fingerprint density at radius 2 is 1.88 bits per heavy atom. The topological polar surface area (TPSA) is 150 Å². The van der Waals surface area contributed by atoms with Gasteiger partial charge in [0.1, 0.15) is 23.0 Å². The quantitative estimate of drug-likeness (QED) is 0.506. The van der Waals surface area contributed by atoms with E-state index in [9.17, 15) is 24.9 Å². The highest BCUT2D eigenvalue weighted by molar-refractivity contribution is 8.00. The zero-order chi connectivity index (χ0) is 23.7. The zero-order valence-electron chi connectivity index (χ0n) is 17.7. The van der Waals surface area contributed by atoms with E-state index >= 15 is 0 Å². The number of benzene rings is 1. The van der Waals surface area contributed by atoms with E-state index in [0.29, 0.717) is 16.8 Å². The molecule has 1 aliphatic heterocycles. The van der Waals surface area contributed by atoms with E-state index in [1.165, 1.54) is 24.3 Å². The molecule has 2 N–H and O–H groups in total. The summed E-state index contributed by atoms with van der Waals surface area (Å²) in [5.41, 5.74) is 7.66. The summed E-state index contributed by atoms with van der Waals surface area (Å²) in [5, 5.41) is 18.7. The maximum absolute atomic E-state index is 13.1. The first kappa shape index (κ1) is 22.3. The monoisotopic (exact) mass is 461 g/mol. The predicted molar refractivity (Wildman–Crippen MR) is 119 cm³/mol. The molecule has 2 aromatic rings. The summed E-state index contributed by atoms with van der Waals surface area (Å²) in [6, 6.07) is 10.2. The lowest BCUT2D eigenvalue weighted by Crippen LogP contribution is -2.31. The van der Waals surface area contributed by atoms with E-state index in [-0.39, 0.29) is 40.9 Å². The van der Waals surface area contributed by atoms with Crippen LogP contribution < -0.4 is 10.6 Å². The second-order valence-electron chi connectivity index (χ2n) is 7.61. The van der Waals surface area contributed by atoms with Gasteiger partial charge in [0.15, 0.2) is 0 Å². The number of ether oxygens (including phenoxy) is 1. The van der Waals surface area contributed by atoms with Crippen LogP contribution in [0.25, 0.3) is 0 Å². The van der Waals surface area contributed by atoms with E-state index < -0.39 is 23.0 Å². The number of hydrogen-bond donors (Lipinski definition) is 1. The summed E-state index contributed by atoms with van der Waals surface area (Å²) in [7, 11) is 0. The van der Waals surface area contributed by atoms with Gasteiger partial charge in [-0.1, -0.05) is 11.8 Å². The van der Waals surface area contributed by atoms with Gasteiger partial charge in [-0.15, -0.1) is 0 Å². The molecule has 1 saturated heterocycles. The van der Waals surface area contributed by atoms with E-state index in [4.69, 9.17) is 10.5 Å². The normalized spacial score (nSPS) is 17.5. The van der Waals surface area contributed by atoms with Gasteiger partial charge in [-0.25, -0.2) is 14.7 Å². The Kier molecular flexibility index (Phi) is 6.03. The lowest BCUT2D eigenvalue weighted by atomic mass is 10.0. The van der Waals surface area contributed by atoms with Gasteiger partial charge >= 0.3 is 5.97 Å². The highest BCUT2D eigenvalue weighted by Crippen LogP contribution is 2.46. The summed E-state index contributed by atoms with van der Waals surface area (Å²) in [4.78, 5) is 42.9. The van der Waals surface area contributed by atoms with Gasteiger partial charge in [-0.3, -0.25) is 9.59 Å². The number of nitrogen functional groups attached to an aromatic ring is 1. The van der Waals surface area contributed by atoms with E-state index in [1.54, 1.807) is 6.92 Å². The van der Waals surface area contributed by atoms with Crippen LogP contribution in [0.4, 0.5) is 11.5 Å². The number of anilines is 2. The van der Waals surface area contributed by atoms with Gasteiger partial charge in [-0.05, 0) is 55.5 Å². The van der Waals surface area contributed by atoms with Crippen LogP contribution in [0.15, 0.2) is 29.3 Å². The average Bonchev–Trinajstić information content (AvgIpc) is 3.60. The van der Waals surface area contributed by atoms with E-state index in [2.05, 4.69) is 11.1 Å². The molecule has 0 bridgehead atoms. The molecule has 33 heavy (non-hydrogen) atoms. The van der Waals surface area contributed by atoms with Crippen molar-refractivity contribution in [2.24, 2.45) is 0 Å². The molecule has 2 fully saturated rings. The SMILES string of the molecule is CCOC(=O)c1ccc(N2C(=O)C[C@@H](Sc3nc(N)c(C#N)c(C4CC4)c3C#N)C2=O)cc1. The van der Waals surface area contributed by atoms with Crippen LogP contribution in [0.5, 0.6) is 0 Å². The number of amides is 2. The standard InChI is InChI=1S/C23H19N5O4S/c1-2-32-23(31)13-5-7-14(8-6-13)28-18(29)9-17(22(28)30)33-21-16(11-25)19(12-3-4-12)15(10-24)20(26)27-21/h5-8,12,17H,2-4,9H2,1H3,(H2,26,27)/t17-/m1/s1. The number of rotatable bonds is 6. The third kappa shape index (κ3) is 4.13. The van der Waals surface area contributed by atoms with Gasteiger partial charge in [0.25, 0.3) is 0 Å². The van der Waals surface area contributed by atoms with Crippen molar-refractivity contribution in [3.05, 3.63) is 46.5 Å². The second-order valence-corrected chi connectivity index (χ2v) is 8.80. The molecule has 0 radical (unpaired) electrons. The van der Waals surface area contributed by atoms with Gasteiger partial charge in [-0.2, -0.15) is 10.5 Å². The van der Waals surface area contributed by atoms with Crippen molar-refractivity contribution in [3.63, 3.8) is 0 Å². The van der Waals surface area contributed by atoms with Crippen molar-refractivity contribution in [1.82, 2.24) is 4.98 Å². The molecule has 166 valence electrons. The smallest absolute Gasteiger partial charge is 0.338 e. The molecule has 1 aromatic carbocycles. The number of esters is 1. The van der Waals surface area contributed by atoms with Crippen LogP contribution in [0, 0.1) is 22.7 Å². The molecule has 0 unspecified atom stereocenters. The minimum absolute atomic E-state index is 0.0177. The molecule has 2 heterocycles. The first-order valence-electron chi connectivity index (χ1n) is 10.3. The van der Waals surface area contributed by atoms with Gasteiger partial charge < -0.3 is 10.5 Å². The average molecular weight is 462 g/mol. The van der Waals surface area contributed by atoms with Crippen LogP contribution >= 0.6 is 11.8 Å². The van der Waals surface area contributed by atoms with E-state index in [0.717, 1.165) is 29.5 Å². The van der Waals surface area contributed by atoms with Crippen molar-refractivity contribution in [2.75, 3.05) is 17.2 Å². The fourth-order valence-corrected chi connectivity index (χ4v) is 4.88. The lowest BCUT2D eigenvalue weighted by molar-refractivity contribution is -0.121. The van der Waals surface area contributed by atoms with Crippen LogP contribution in [-0.4, -0.2) is 34.6 Å².